The van der Waals surface area contributed by atoms with E-state index in [0.29, 0.717) is 16.7 Å². The normalized spacial score (nSPS) is 13.6. The van der Waals surface area contributed by atoms with Crippen molar-refractivity contribution in [2.75, 3.05) is 13.2 Å². The standard InChI is InChI=1S/C15H23Cl2NO/c1-5-9-18-14(15(3,4)19-6-2)11-7-8-12(16)13(17)10-11/h7-8,10,14,18H,5-6,9H2,1-4H3. The third-order valence-corrected chi connectivity index (χ3v) is 3.83. The lowest BCUT2D eigenvalue weighted by atomic mass is 9.91. The lowest BCUT2D eigenvalue weighted by molar-refractivity contribution is -0.0391. The lowest BCUT2D eigenvalue weighted by Crippen LogP contribution is -2.42. The number of hydrogen-bond acceptors (Lipinski definition) is 2. The zero-order chi connectivity index (χ0) is 14.5. The molecule has 2 nitrogen and oxygen atoms in total. The number of nitrogens with one attached hydrogen (secondary N) is 1. The Morgan fingerprint density at radius 1 is 1.21 bits per heavy atom. The van der Waals surface area contributed by atoms with Crippen LogP contribution in [-0.4, -0.2) is 18.8 Å². The quantitative estimate of drug-likeness (QED) is 0.777. The first-order valence-electron chi connectivity index (χ1n) is 6.74. The Morgan fingerprint density at radius 3 is 2.42 bits per heavy atom. The smallest absolute Gasteiger partial charge is 0.0820 e. The minimum Gasteiger partial charge on any atom is -0.374 e. The summed E-state index contributed by atoms with van der Waals surface area (Å²) in [6.45, 7) is 9.94. The predicted octanol–water partition coefficient (Wildman–Crippen LogP) is 4.85. The molecule has 1 rings (SSSR count). The molecule has 0 fully saturated rings. The van der Waals surface area contributed by atoms with Crippen molar-refractivity contribution in [1.82, 2.24) is 5.32 Å². The van der Waals surface area contributed by atoms with Gasteiger partial charge in [-0.15, -0.1) is 0 Å². The minimum absolute atomic E-state index is 0.0853. The van der Waals surface area contributed by atoms with Crippen LogP contribution in [0.4, 0.5) is 0 Å². The SMILES string of the molecule is CCCNC(c1ccc(Cl)c(Cl)c1)C(C)(C)OCC. The molecular weight excluding hydrogens is 281 g/mol. The van der Waals surface area contributed by atoms with Crippen molar-refractivity contribution in [3.05, 3.63) is 33.8 Å². The second kappa shape index (κ2) is 7.49. The summed E-state index contributed by atoms with van der Waals surface area (Å²) in [4.78, 5) is 0. The van der Waals surface area contributed by atoms with Crippen LogP contribution in [0.3, 0.4) is 0 Å². The summed E-state index contributed by atoms with van der Waals surface area (Å²) < 4.78 is 5.87. The highest BCUT2D eigenvalue weighted by molar-refractivity contribution is 6.42. The molecule has 1 aromatic rings. The molecule has 0 heterocycles. The topological polar surface area (TPSA) is 21.3 Å². The fourth-order valence-corrected chi connectivity index (χ4v) is 2.51. The molecule has 0 radical (unpaired) electrons. The van der Waals surface area contributed by atoms with Crippen molar-refractivity contribution in [3.63, 3.8) is 0 Å². The van der Waals surface area contributed by atoms with Gasteiger partial charge in [0.25, 0.3) is 0 Å². The zero-order valence-corrected chi connectivity index (χ0v) is 13.6. The van der Waals surface area contributed by atoms with Gasteiger partial charge in [-0.3, -0.25) is 0 Å². The molecule has 1 N–H and O–H groups in total. The van der Waals surface area contributed by atoms with Crippen LogP contribution in [-0.2, 0) is 4.74 Å². The van der Waals surface area contributed by atoms with Crippen molar-refractivity contribution in [2.45, 2.75) is 45.8 Å². The second-order valence-corrected chi connectivity index (χ2v) is 5.91. The van der Waals surface area contributed by atoms with Crippen LogP contribution in [0.15, 0.2) is 18.2 Å². The van der Waals surface area contributed by atoms with Crippen molar-refractivity contribution in [3.8, 4) is 0 Å². The average Bonchev–Trinajstić information content (AvgIpc) is 2.33. The van der Waals surface area contributed by atoms with E-state index in [2.05, 4.69) is 26.1 Å². The van der Waals surface area contributed by atoms with Crippen LogP contribution in [0.1, 0.15) is 45.7 Å². The average molecular weight is 304 g/mol. The largest absolute Gasteiger partial charge is 0.374 e. The van der Waals surface area contributed by atoms with Crippen LogP contribution in [0.25, 0.3) is 0 Å². The van der Waals surface area contributed by atoms with Gasteiger partial charge in [-0.1, -0.05) is 36.2 Å². The Bertz CT molecular complexity index is 407. The van der Waals surface area contributed by atoms with Crippen molar-refractivity contribution in [1.29, 1.82) is 0 Å². The first-order chi connectivity index (χ1) is 8.92. The summed E-state index contributed by atoms with van der Waals surface area (Å²) in [6.07, 6.45) is 1.07. The number of hydrogen-bond donors (Lipinski definition) is 1. The number of rotatable bonds is 7. The highest BCUT2D eigenvalue weighted by Gasteiger charge is 2.31. The number of halogens is 2. The summed E-state index contributed by atoms with van der Waals surface area (Å²) >= 11 is 12.1. The highest BCUT2D eigenvalue weighted by Crippen LogP contribution is 2.32. The molecule has 0 saturated carbocycles. The maximum atomic E-state index is 6.12. The van der Waals surface area contributed by atoms with E-state index in [4.69, 9.17) is 27.9 Å². The number of ether oxygens (including phenoxy) is 1. The molecule has 1 atom stereocenters. The zero-order valence-electron chi connectivity index (χ0n) is 12.1. The molecule has 0 aliphatic carbocycles. The summed E-state index contributed by atoms with van der Waals surface area (Å²) in [5.74, 6) is 0. The van der Waals surface area contributed by atoms with Gasteiger partial charge in [0.15, 0.2) is 0 Å². The van der Waals surface area contributed by atoms with E-state index in [1.807, 2.05) is 25.1 Å². The molecule has 0 aliphatic heterocycles. The van der Waals surface area contributed by atoms with Crippen LogP contribution >= 0.6 is 23.2 Å². The van der Waals surface area contributed by atoms with E-state index < -0.39 is 0 Å². The molecular formula is C15H23Cl2NO. The van der Waals surface area contributed by atoms with Crippen LogP contribution < -0.4 is 5.32 Å². The summed E-state index contributed by atoms with van der Waals surface area (Å²) in [7, 11) is 0. The fourth-order valence-electron chi connectivity index (χ4n) is 2.20. The molecule has 1 aromatic carbocycles. The van der Waals surface area contributed by atoms with Gasteiger partial charge in [0.1, 0.15) is 0 Å². The predicted molar refractivity (Wildman–Crippen MR) is 83.2 cm³/mol. The Kier molecular flexibility index (Phi) is 6.61. The molecule has 0 aliphatic rings. The van der Waals surface area contributed by atoms with Gasteiger partial charge in [0.05, 0.1) is 21.7 Å². The molecule has 19 heavy (non-hydrogen) atoms. The van der Waals surface area contributed by atoms with Crippen molar-refractivity contribution < 1.29 is 4.74 Å². The Balaban J connectivity index is 3.04. The summed E-state index contributed by atoms with van der Waals surface area (Å²) in [5.41, 5.74) is 0.794. The molecule has 0 aromatic heterocycles. The molecule has 0 saturated heterocycles. The van der Waals surface area contributed by atoms with E-state index in [-0.39, 0.29) is 11.6 Å². The molecule has 0 spiro atoms. The minimum atomic E-state index is -0.304. The van der Waals surface area contributed by atoms with Crippen LogP contribution in [0.5, 0.6) is 0 Å². The molecule has 4 heteroatoms. The first-order valence-corrected chi connectivity index (χ1v) is 7.50. The Labute approximate surface area is 126 Å². The van der Waals surface area contributed by atoms with Gasteiger partial charge >= 0.3 is 0 Å². The third-order valence-electron chi connectivity index (χ3n) is 3.09. The Hall–Kier alpha value is -0.280. The van der Waals surface area contributed by atoms with Crippen LogP contribution in [0, 0.1) is 0 Å². The molecule has 0 amide bonds. The fraction of sp³-hybridized carbons (Fsp3) is 0.600. The van der Waals surface area contributed by atoms with Gasteiger partial charge < -0.3 is 10.1 Å². The van der Waals surface area contributed by atoms with Gasteiger partial charge in [0, 0.05) is 6.61 Å². The molecule has 108 valence electrons. The van der Waals surface area contributed by atoms with E-state index in [1.54, 1.807) is 0 Å². The first kappa shape index (κ1) is 16.8. The van der Waals surface area contributed by atoms with Gasteiger partial charge in [-0.2, -0.15) is 0 Å². The van der Waals surface area contributed by atoms with Crippen LogP contribution in [0.2, 0.25) is 10.0 Å². The van der Waals surface area contributed by atoms with Crippen molar-refractivity contribution in [2.24, 2.45) is 0 Å². The van der Waals surface area contributed by atoms with Gasteiger partial charge in [-0.25, -0.2) is 0 Å². The van der Waals surface area contributed by atoms with Gasteiger partial charge in [-0.05, 0) is 51.4 Å². The molecule has 1 unspecified atom stereocenters. The van der Waals surface area contributed by atoms with E-state index in [1.165, 1.54) is 0 Å². The van der Waals surface area contributed by atoms with Crippen molar-refractivity contribution >= 4 is 23.2 Å². The number of benzene rings is 1. The van der Waals surface area contributed by atoms with Gasteiger partial charge in [0.2, 0.25) is 0 Å². The summed E-state index contributed by atoms with van der Waals surface area (Å²) in [6, 6.07) is 5.84. The maximum absolute atomic E-state index is 6.12. The highest BCUT2D eigenvalue weighted by atomic mass is 35.5. The monoisotopic (exact) mass is 303 g/mol. The summed E-state index contributed by atoms with van der Waals surface area (Å²) in [5, 5.41) is 4.69. The van der Waals surface area contributed by atoms with E-state index in [9.17, 15) is 0 Å². The van der Waals surface area contributed by atoms with E-state index >= 15 is 0 Å². The Morgan fingerprint density at radius 2 is 1.89 bits per heavy atom. The molecule has 0 bridgehead atoms. The lowest BCUT2D eigenvalue weighted by Gasteiger charge is -2.35. The maximum Gasteiger partial charge on any atom is 0.0820 e. The van der Waals surface area contributed by atoms with E-state index in [0.717, 1.165) is 18.5 Å². The second-order valence-electron chi connectivity index (χ2n) is 5.10. The third kappa shape index (κ3) is 4.64.